The molecule has 3 heteroatoms. The Labute approximate surface area is 65.4 Å². The summed E-state index contributed by atoms with van der Waals surface area (Å²) < 4.78 is 0. The Morgan fingerprint density at radius 3 is 3.27 bits per heavy atom. The van der Waals surface area contributed by atoms with Gasteiger partial charge in [0.25, 0.3) is 0 Å². The van der Waals surface area contributed by atoms with Gasteiger partial charge >= 0.3 is 0 Å². The van der Waals surface area contributed by atoms with Gasteiger partial charge in [0, 0.05) is 7.05 Å². The van der Waals surface area contributed by atoms with Crippen LogP contribution in [-0.4, -0.2) is 35.5 Å². The first-order valence-corrected chi connectivity index (χ1v) is 3.61. The molecule has 2 unspecified atom stereocenters. The van der Waals surface area contributed by atoms with Crippen LogP contribution in [0.25, 0.3) is 0 Å². The number of nitrogens with zero attached hydrogens (tertiary/aromatic N) is 2. The van der Waals surface area contributed by atoms with Gasteiger partial charge in [-0.05, 0) is 12.2 Å². The molecule has 0 amide bonds. The van der Waals surface area contributed by atoms with Crippen molar-refractivity contribution in [3.63, 3.8) is 0 Å². The van der Waals surface area contributed by atoms with Gasteiger partial charge in [-0.25, -0.2) is 0 Å². The van der Waals surface area contributed by atoms with Crippen LogP contribution in [0.1, 0.15) is 0 Å². The molecule has 1 heterocycles. The number of aliphatic hydroxyl groups excluding tert-OH is 1. The molecule has 58 valence electrons. The SMILES string of the molecule is CN1C=NC2C=C(O)C=CC21. The standard InChI is InChI=1S/C8H10N2O/c1-10-5-9-7-4-6(11)2-3-8(7)10/h2-5,7-8,11H,1H3. The maximum absolute atomic E-state index is 9.12. The smallest absolute Gasteiger partial charge is 0.113 e. The molecule has 2 aliphatic rings. The van der Waals surface area contributed by atoms with E-state index < -0.39 is 0 Å². The highest BCUT2D eigenvalue weighted by Crippen LogP contribution is 2.19. The van der Waals surface area contributed by atoms with E-state index in [9.17, 15) is 0 Å². The highest BCUT2D eigenvalue weighted by atomic mass is 16.3. The van der Waals surface area contributed by atoms with Gasteiger partial charge in [0.05, 0.1) is 18.4 Å². The Bertz CT molecular complexity index is 255. The van der Waals surface area contributed by atoms with Crippen molar-refractivity contribution in [2.75, 3.05) is 7.05 Å². The van der Waals surface area contributed by atoms with E-state index >= 15 is 0 Å². The molecule has 3 nitrogen and oxygen atoms in total. The molecule has 0 spiro atoms. The molecule has 1 N–H and O–H groups in total. The van der Waals surface area contributed by atoms with E-state index in [1.807, 2.05) is 18.0 Å². The minimum Gasteiger partial charge on any atom is -0.508 e. The van der Waals surface area contributed by atoms with E-state index in [4.69, 9.17) is 5.11 Å². The first kappa shape index (κ1) is 6.46. The summed E-state index contributed by atoms with van der Waals surface area (Å²) in [4.78, 5) is 6.23. The van der Waals surface area contributed by atoms with Crippen molar-refractivity contribution in [2.24, 2.45) is 4.99 Å². The summed E-state index contributed by atoms with van der Waals surface area (Å²) in [7, 11) is 1.98. The van der Waals surface area contributed by atoms with E-state index in [0.29, 0.717) is 11.8 Å². The molecule has 2 rings (SSSR count). The number of likely N-dealkylation sites (N-methyl/N-ethyl adjacent to an activating group) is 1. The van der Waals surface area contributed by atoms with Gasteiger partial charge in [0.2, 0.25) is 0 Å². The second kappa shape index (κ2) is 2.12. The van der Waals surface area contributed by atoms with Crippen LogP contribution in [0.4, 0.5) is 0 Å². The maximum Gasteiger partial charge on any atom is 0.113 e. The highest BCUT2D eigenvalue weighted by molar-refractivity contribution is 5.60. The lowest BCUT2D eigenvalue weighted by molar-refractivity contribution is 0.397. The van der Waals surface area contributed by atoms with Crippen molar-refractivity contribution in [2.45, 2.75) is 12.1 Å². The van der Waals surface area contributed by atoms with Crippen LogP contribution in [0.2, 0.25) is 0 Å². The molecule has 0 saturated carbocycles. The number of fused-ring (bicyclic) bond motifs is 1. The Balaban J connectivity index is 2.26. The van der Waals surface area contributed by atoms with Crippen LogP contribution < -0.4 is 0 Å². The number of aliphatic hydroxyl groups is 1. The van der Waals surface area contributed by atoms with Crippen molar-refractivity contribution < 1.29 is 5.11 Å². The lowest BCUT2D eigenvalue weighted by atomic mass is 10.0. The summed E-state index contributed by atoms with van der Waals surface area (Å²) in [6, 6.07) is 0.427. The van der Waals surface area contributed by atoms with Crippen molar-refractivity contribution in [1.82, 2.24) is 4.90 Å². The summed E-state index contributed by atoms with van der Waals surface area (Å²) in [6.07, 6.45) is 7.25. The molecule has 1 aliphatic carbocycles. The second-order valence-corrected chi connectivity index (χ2v) is 2.86. The first-order chi connectivity index (χ1) is 5.27. The van der Waals surface area contributed by atoms with E-state index in [-0.39, 0.29) is 6.04 Å². The number of allylic oxidation sites excluding steroid dienone is 1. The average Bonchev–Trinajstić information content (AvgIpc) is 2.32. The zero-order valence-corrected chi connectivity index (χ0v) is 6.31. The predicted molar refractivity (Wildman–Crippen MR) is 43.7 cm³/mol. The minimum atomic E-state index is 0.116. The van der Waals surface area contributed by atoms with Crippen molar-refractivity contribution >= 4 is 6.34 Å². The zero-order valence-electron chi connectivity index (χ0n) is 6.31. The third-order valence-electron chi connectivity index (χ3n) is 2.05. The van der Waals surface area contributed by atoms with Gasteiger partial charge in [-0.2, -0.15) is 0 Å². The molecule has 0 aromatic rings. The van der Waals surface area contributed by atoms with Gasteiger partial charge in [-0.15, -0.1) is 0 Å². The fraction of sp³-hybridized carbons (Fsp3) is 0.375. The summed E-state index contributed by atoms with van der Waals surface area (Å²) in [6.45, 7) is 0. The lowest BCUT2D eigenvalue weighted by Crippen LogP contribution is -2.32. The third kappa shape index (κ3) is 0.926. The normalized spacial score (nSPS) is 33.9. The summed E-state index contributed by atoms with van der Waals surface area (Å²) >= 11 is 0. The number of rotatable bonds is 0. The fourth-order valence-electron chi connectivity index (χ4n) is 1.41. The maximum atomic E-state index is 9.12. The molecule has 2 atom stereocenters. The molecule has 1 aliphatic heterocycles. The predicted octanol–water partition coefficient (Wildman–Crippen LogP) is 0.709. The molecular weight excluding hydrogens is 140 g/mol. The Morgan fingerprint density at radius 2 is 2.45 bits per heavy atom. The topological polar surface area (TPSA) is 35.8 Å². The van der Waals surface area contributed by atoms with Gasteiger partial charge in [-0.1, -0.05) is 6.08 Å². The van der Waals surface area contributed by atoms with Crippen LogP contribution >= 0.6 is 0 Å². The molecule has 0 aromatic heterocycles. The molecule has 0 saturated heterocycles. The highest BCUT2D eigenvalue weighted by Gasteiger charge is 2.26. The van der Waals surface area contributed by atoms with E-state index in [1.165, 1.54) is 0 Å². The summed E-state index contributed by atoms with van der Waals surface area (Å²) in [5.74, 6) is 0.318. The molecule has 11 heavy (non-hydrogen) atoms. The monoisotopic (exact) mass is 150 g/mol. The molecule has 0 aromatic carbocycles. The van der Waals surface area contributed by atoms with Gasteiger partial charge in [-0.3, -0.25) is 4.99 Å². The van der Waals surface area contributed by atoms with Gasteiger partial charge < -0.3 is 10.0 Å². The zero-order chi connectivity index (χ0) is 7.84. The molecular formula is C8H10N2O. The van der Waals surface area contributed by atoms with Gasteiger partial charge in [0.1, 0.15) is 5.76 Å². The second-order valence-electron chi connectivity index (χ2n) is 2.86. The quantitative estimate of drug-likeness (QED) is 0.552. The van der Waals surface area contributed by atoms with Crippen LogP contribution in [0.3, 0.4) is 0 Å². The van der Waals surface area contributed by atoms with Crippen molar-refractivity contribution in [3.05, 3.63) is 24.0 Å². The summed E-state index contributed by atoms with van der Waals surface area (Å²) in [5.41, 5.74) is 0. The fourth-order valence-corrected chi connectivity index (χ4v) is 1.41. The van der Waals surface area contributed by atoms with Crippen LogP contribution in [0.5, 0.6) is 0 Å². The van der Waals surface area contributed by atoms with Crippen LogP contribution in [0.15, 0.2) is 29.0 Å². The minimum absolute atomic E-state index is 0.116. The van der Waals surface area contributed by atoms with E-state index in [1.54, 1.807) is 18.5 Å². The Hall–Kier alpha value is -1.25. The van der Waals surface area contributed by atoms with E-state index in [2.05, 4.69) is 4.99 Å². The molecule has 0 radical (unpaired) electrons. The van der Waals surface area contributed by atoms with Crippen LogP contribution in [0, 0.1) is 0 Å². The average molecular weight is 150 g/mol. The summed E-state index contributed by atoms with van der Waals surface area (Å²) in [5, 5.41) is 9.12. The van der Waals surface area contributed by atoms with Crippen molar-refractivity contribution in [1.29, 1.82) is 0 Å². The molecule has 0 fully saturated rings. The number of hydrogen-bond acceptors (Lipinski definition) is 3. The number of aliphatic imine (C=N–C) groups is 1. The largest absolute Gasteiger partial charge is 0.508 e. The van der Waals surface area contributed by atoms with Crippen LogP contribution in [-0.2, 0) is 0 Å². The molecule has 0 bridgehead atoms. The van der Waals surface area contributed by atoms with Gasteiger partial charge in [0.15, 0.2) is 0 Å². The third-order valence-corrected chi connectivity index (χ3v) is 2.05. The Morgan fingerprint density at radius 1 is 1.64 bits per heavy atom. The first-order valence-electron chi connectivity index (χ1n) is 3.61. The Kier molecular flexibility index (Phi) is 1.24. The number of hydrogen-bond donors (Lipinski definition) is 1. The van der Waals surface area contributed by atoms with Crippen molar-refractivity contribution in [3.8, 4) is 0 Å². The van der Waals surface area contributed by atoms with E-state index in [0.717, 1.165) is 0 Å². The lowest BCUT2D eigenvalue weighted by Gasteiger charge is -2.21.